The average Bonchev–Trinajstić information content (AvgIpc) is 2.01. The lowest BCUT2D eigenvalue weighted by molar-refractivity contribution is 0.106. The highest BCUT2D eigenvalue weighted by molar-refractivity contribution is 6.36. The normalized spacial score (nSPS) is 10.8. The van der Waals surface area contributed by atoms with Gasteiger partial charge in [0.1, 0.15) is 0 Å². The summed E-state index contributed by atoms with van der Waals surface area (Å²) in [6.07, 6.45) is 1.14. The zero-order chi connectivity index (χ0) is 10.7. The summed E-state index contributed by atoms with van der Waals surface area (Å²) in [4.78, 5) is 11.6. The van der Waals surface area contributed by atoms with Gasteiger partial charge in [0.05, 0.1) is 6.21 Å². The number of carbonyl (C=O) groups is 1. The van der Waals surface area contributed by atoms with Crippen LogP contribution in [-0.4, -0.2) is 12.0 Å². The molecular formula is C11H14N2O. The number of hydrogen-bond donors (Lipinski definition) is 1. The van der Waals surface area contributed by atoms with E-state index in [1.54, 1.807) is 0 Å². The summed E-state index contributed by atoms with van der Waals surface area (Å²) >= 11 is 0. The maximum Gasteiger partial charge on any atom is 0.206 e. The van der Waals surface area contributed by atoms with E-state index in [4.69, 9.17) is 5.84 Å². The highest BCUT2D eigenvalue weighted by Crippen LogP contribution is 2.16. The summed E-state index contributed by atoms with van der Waals surface area (Å²) in [6, 6.07) is 3.95. The number of nitrogens with two attached hydrogens (primary N) is 1. The fourth-order valence-corrected chi connectivity index (χ4v) is 1.70. The van der Waals surface area contributed by atoms with Crippen LogP contribution in [0.4, 0.5) is 0 Å². The Kier molecular flexibility index (Phi) is 3.02. The predicted octanol–water partition coefficient (Wildman–Crippen LogP) is 1.74. The minimum atomic E-state index is -0.137. The van der Waals surface area contributed by atoms with Crippen molar-refractivity contribution in [3.05, 3.63) is 34.4 Å². The zero-order valence-corrected chi connectivity index (χ0v) is 8.66. The molecule has 0 radical (unpaired) electrons. The van der Waals surface area contributed by atoms with Crippen molar-refractivity contribution in [3.63, 3.8) is 0 Å². The quantitative estimate of drug-likeness (QED) is 0.334. The Morgan fingerprint density at radius 2 is 1.79 bits per heavy atom. The van der Waals surface area contributed by atoms with Crippen LogP contribution >= 0.6 is 0 Å². The Hall–Kier alpha value is -1.64. The van der Waals surface area contributed by atoms with Gasteiger partial charge in [0.25, 0.3) is 0 Å². The molecule has 1 rings (SSSR count). The fraction of sp³-hybridized carbons (Fsp3) is 0.273. The van der Waals surface area contributed by atoms with Gasteiger partial charge < -0.3 is 5.84 Å². The molecule has 0 aliphatic carbocycles. The van der Waals surface area contributed by atoms with E-state index in [1.165, 1.54) is 0 Å². The van der Waals surface area contributed by atoms with Gasteiger partial charge in [0.15, 0.2) is 0 Å². The highest BCUT2D eigenvalue weighted by atomic mass is 16.1. The lowest BCUT2D eigenvalue weighted by Crippen LogP contribution is -2.07. The second-order valence-electron chi connectivity index (χ2n) is 3.42. The zero-order valence-electron chi connectivity index (χ0n) is 8.66. The number of ketones is 1. The minimum Gasteiger partial charge on any atom is -0.323 e. The van der Waals surface area contributed by atoms with E-state index in [2.05, 4.69) is 5.10 Å². The van der Waals surface area contributed by atoms with Crippen molar-refractivity contribution in [2.75, 3.05) is 0 Å². The molecule has 0 fully saturated rings. The fourth-order valence-electron chi connectivity index (χ4n) is 1.70. The third-order valence-corrected chi connectivity index (χ3v) is 2.12. The molecule has 0 bridgehead atoms. The third-order valence-electron chi connectivity index (χ3n) is 2.12. The van der Waals surface area contributed by atoms with Gasteiger partial charge in [0, 0.05) is 5.56 Å². The maximum atomic E-state index is 11.6. The van der Waals surface area contributed by atoms with Gasteiger partial charge in [0.2, 0.25) is 5.78 Å². The highest BCUT2D eigenvalue weighted by Gasteiger charge is 2.10. The number of rotatable bonds is 2. The Morgan fingerprint density at radius 1 is 1.29 bits per heavy atom. The van der Waals surface area contributed by atoms with Crippen LogP contribution in [0.2, 0.25) is 0 Å². The maximum absolute atomic E-state index is 11.6. The van der Waals surface area contributed by atoms with Crippen molar-refractivity contribution in [3.8, 4) is 0 Å². The van der Waals surface area contributed by atoms with Gasteiger partial charge in [-0.15, -0.1) is 0 Å². The van der Waals surface area contributed by atoms with Crippen molar-refractivity contribution in [2.45, 2.75) is 20.8 Å². The van der Waals surface area contributed by atoms with Crippen LogP contribution < -0.4 is 5.84 Å². The molecular weight excluding hydrogens is 176 g/mol. The van der Waals surface area contributed by atoms with E-state index in [-0.39, 0.29) is 5.78 Å². The van der Waals surface area contributed by atoms with Gasteiger partial charge in [-0.2, -0.15) is 5.10 Å². The number of Topliss-reactive ketones (excluding diaryl/α,β-unsaturated/α-hetero) is 1. The first-order chi connectivity index (χ1) is 6.56. The van der Waals surface area contributed by atoms with E-state index >= 15 is 0 Å². The molecule has 0 aliphatic heterocycles. The summed E-state index contributed by atoms with van der Waals surface area (Å²) in [5.41, 5.74) is 3.78. The number of carbonyl (C=O) groups excluding carboxylic acids is 1. The number of nitrogens with zero attached hydrogens (tertiary/aromatic N) is 1. The first-order valence-corrected chi connectivity index (χ1v) is 4.41. The Labute approximate surface area is 83.6 Å². The van der Waals surface area contributed by atoms with Crippen LogP contribution in [0.5, 0.6) is 0 Å². The summed E-state index contributed by atoms with van der Waals surface area (Å²) < 4.78 is 0. The smallest absolute Gasteiger partial charge is 0.206 e. The second kappa shape index (κ2) is 4.05. The summed E-state index contributed by atoms with van der Waals surface area (Å²) in [5.74, 6) is 4.81. The molecule has 0 atom stereocenters. The summed E-state index contributed by atoms with van der Waals surface area (Å²) in [7, 11) is 0. The van der Waals surface area contributed by atoms with E-state index in [0.29, 0.717) is 5.56 Å². The Bertz CT molecular complexity index is 371. The molecule has 1 aromatic rings. The van der Waals surface area contributed by atoms with Crippen molar-refractivity contribution in [1.82, 2.24) is 0 Å². The number of hydrogen-bond acceptors (Lipinski definition) is 3. The van der Waals surface area contributed by atoms with Crippen LogP contribution in [0.15, 0.2) is 17.2 Å². The molecule has 14 heavy (non-hydrogen) atoms. The minimum absolute atomic E-state index is 0.137. The van der Waals surface area contributed by atoms with E-state index in [1.807, 2.05) is 32.9 Å². The SMILES string of the molecule is Cc1cc(C)c(C(=O)C=NN)c(C)c1. The largest absolute Gasteiger partial charge is 0.323 e. The van der Waals surface area contributed by atoms with E-state index < -0.39 is 0 Å². The van der Waals surface area contributed by atoms with E-state index in [0.717, 1.165) is 22.9 Å². The molecule has 74 valence electrons. The topological polar surface area (TPSA) is 55.5 Å². The molecule has 0 aromatic heterocycles. The lowest BCUT2D eigenvalue weighted by atomic mass is 9.97. The molecule has 0 saturated carbocycles. The molecule has 3 heteroatoms. The molecule has 0 unspecified atom stereocenters. The first-order valence-electron chi connectivity index (χ1n) is 4.41. The number of benzene rings is 1. The molecule has 2 N–H and O–H groups in total. The molecule has 0 spiro atoms. The Balaban J connectivity index is 3.27. The summed E-state index contributed by atoms with van der Waals surface area (Å²) in [6.45, 7) is 5.83. The van der Waals surface area contributed by atoms with E-state index in [9.17, 15) is 4.79 Å². The molecule has 0 aliphatic rings. The van der Waals surface area contributed by atoms with Crippen molar-refractivity contribution < 1.29 is 4.79 Å². The molecule has 0 heterocycles. The first kappa shape index (κ1) is 10.4. The number of hydrazone groups is 1. The lowest BCUT2D eigenvalue weighted by Gasteiger charge is -2.07. The van der Waals surface area contributed by atoms with Gasteiger partial charge in [-0.05, 0) is 31.9 Å². The number of aryl methyl sites for hydroxylation is 3. The molecule has 1 aromatic carbocycles. The second-order valence-corrected chi connectivity index (χ2v) is 3.42. The van der Waals surface area contributed by atoms with Gasteiger partial charge in [-0.1, -0.05) is 17.7 Å². The molecule has 0 amide bonds. The Morgan fingerprint density at radius 3 is 2.21 bits per heavy atom. The van der Waals surface area contributed by atoms with Crippen molar-refractivity contribution >= 4 is 12.0 Å². The monoisotopic (exact) mass is 190 g/mol. The third kappa shape index (κ3) is 1.99. The van der Waals surface area contributed by atoms with Crippen molar-refractivity contribution in [1.29, 1.82) is 0 Å². The average molecular weight is 190 g/mol. The van der Waals surface area contributed by atoms with Crippen LogP contribution in [-0.2, 0) is 0 Å². The summed E-state index contributed by atoms with van der Waals surface area (Å²) in [5, 5.41) is 3.24. The predicted molar refractivity (Wildman–Crippen MR) is 57.7 cm³/mol. The van der Waals surface area contributed by atoms with Crippen molar-refractivity contribution in [2.24, 2.45) is 10.9 Å². The molecule has 0 saturated heterocycles. The van der Waals surface area contributed by atoms with Crippen LogP contribution in [0.25, 0.3) is 0 Å². The van der Waals surface area contributed by atoms with Crippen LogP contribution in [0.1, 0.15) is 27.0 Å². The van der Waals surface area contributed by atoms with Gasteiger partial charge >= 0.3 is 0 Å². The van der Waals surface area contributed by atoms with Gasteiger partial charge in [-0.25, -0.2) is 0 Å². The standard InChI is InChI=1S/C11H14N2O/c1-7-4-8(2)11(9(3)5-7)10(14)6-13-12/h4-6H,12H2,1-3H3. The van der Waals surface area contributed by atoms with Crippen LogP contribution in [0, 0.1) is 20.8 Å². The van der Waals surface area contributed by atoms with Crippen LogP contribution in [0.3, 0.4) is 0 Å². The van der Waals surface area contributed by atoms with Gasteiger partial charge in [-0.3, -0.25) is 4.79 Å². The molecule has 3 nitrogen and oxygen atoms in total.